The van der Waals surface area contributed by atoms with Crippen molar-refractivity contribution in [3.63, 3.8) is 0 Å². The molecule has 5 rings (SSSR count). The van der Waals surface area contributed by atoms with Crippen molar-refractivity contribution in [3.05, 3.63) is 58.8 Å². The maximum absolute atomic E-state index is 14.4. The number of benzene rings is 1. The first-order valence-electron chi connectivity index (χ1n) is 12.0. The summed E-state index contributed by atoms with van der Waals surface area (Å²) in [6.07, 6.45) is 11.8. The van der Waals surface area contributed by atoms with Gasteiger partial charge >= 0.3 is 0 Å². The third kappa shape index (κ3) is 4.36. The van der Waals surface area contributed by atoms with E-state index in [-0.39, 0.29) is 6.04 Å². The maximum atomic E-state index is 14.4. The molecule has 3 heterocycles. The van der Waals surface area contributed by atoms with Crippen LogP contribution in [0.25, 0.3) is 10.9 Å². The molecule has 0 unspecified atom stereocenters. The number of pyridine rings is 2. The van der Waals surface area contributed by atoms with Crippen molar-refractivity contribution in [2.75, 3.05) is 23.3 Å². The molecule has 0 radical (unpaired) electrons. The minimum atomic E-state index is -0.697. The van der Waals surface area contributed by atoms with Crippen molar-refractivity contribution < 1.29 is 4.39 Å². The molecule has 3 aromatic rings. The number of halogens is 1. The Morgan fingerprint density at radius 2 is 1.59 bits per heavy atom. The van der Waals surface area contributed by atoms with E-state index in [1.807, 2.05) is 6.07 Å². The van der Waals surface area contributed by atoms with Gasteiger partial charge in [-0.15, -0.1) is 0 Å². The lowest BCUT2D eigenvalue weighted by Crippen LogP contribution is -2.29. The fourth-order valence-electron chi connectivity index (χ4n) is 5.20. The summed E-state index contributed by atoms with van der Waals surface area (Å²) in [6.45, 7) is 2.24. The second kappa shape index (κ2) is 9.31. The maximum Gasteiger partial charge on any atom is 0.287 e. The summed E-state index contributed by atoms with van der Waals surface area (Å²) in [5.41, 5.74) is 2.43. The van der Waals surface area contributed by atoms with Gasteiger partial charge in [-0.2, -0.15) is 0 Å². The Bertz CT molecular complexity index is 1130. The lowest BCUT2D eigenvalue weighted by atomic mass is 10.1. The van der Waals surface area contributed by atoms with Gasteiger partial charge in [-0.3, -0.25) is 4.79 Å². The minimum absolute atomic E-state index is 0.0438. The molecule has 2 aromatic heterocycles. The van der Waals surface area contributed by atoms with Gasteiger partial charge in [0.05, 0.1) is 5.52 Å². The summed E-state index contributed by atoms with van der Waals surface area (Å²) < 4.78 is 16.1. The molecule has 2 aliphatic rings. The fraction of sp³-hybridized carbons (Fsp3) is 0.462. The Morgan fingerprint density at radius 1 is 0.906 bits per heavy atom. The molecule has 5 nitrogen and oxygen atoms in total. The number of piperidine rings is 1. The van der Waals surface area contributed by atoms with Gasteiger partial charge in [0, 0.05) is 48.2 Å². The van der Waals surface area contributed by atoms with E-state index in [1.165, 1.54) is 43.9 Å². The number of rotatable bonds is 4. The van der Waals surface area contributed by atoms with Crippen LogP contribution in [0.5, 0.6) is 0 Å². The van der Waals surface area contributed by atoms with Crippen LogP contribution in [-0.4, -0.2) is 22.6 Å². The first kappa shape index (κ1) is 21.0. The van der Waals surface area contributed by atoms with Crippen LogP contribution in [0, 0.1) is 5.82 Å². The molecule has 32 heavy (non-hydrogen) atoms. The lowest BCUT2D eigenvalue weighted by Gasteiger charge is -2.28. The molecular formula is C26H31FN4O. The minimum Gasteiger partial charge on any atom is -0.372 e. The lowest BCUT2D eigenvalue weighted by molar-refractivity contribution is 0.432. The standard InChI is InChI=1S/C26H31FN4O/c27-23-16-19-18-28-25(17-24(19)31(26(23)32)22-8-4-1-2-5-9-22)29-20-10-12-21(13-11-20)30-14-6-3-7-15-30/h10-13,16-18,22H,1-9,14-15H2,(H,28,29). The highest BCUT2D eigenvalue weighted by Crippen LogP contribution is 2.30. The number of nitrogens with zero attached hydrogens (tertiary/aromatic N) is 3. The van der Waals surface area contributed by atoms with Crippen LogP contribution in [0.1, 0.15) is 63.8 Å². The first-order chi connectivity index (χ1) is 15.7. The molecule has 1 saturated heterocycles. The van der Waals surface area contributed by atoms with E-state index >= 15 is 0 Å². The average Bonchev–Trinajstić information content (AvgIpc) is 3.11. The number of nitrogens with one attached hydrogen (secondary N) is 1. The number of hydrogen-bond acceptors (Lipinski definition) is 4. The Morgan fingerprint density at radius 3 is 2.31 bits per heavy atom. The van der Waals surface area contributed by atoms with E-state index in [2.05, 4.69) is 39.5 Å². The Kier molecular flexibility index (Phi) is 6.10. The van der Waals surface area contributed by atoms with Gasteiger partial charge in [0.1, 0.15) is 5.82 Å². The summed E-state index contributed by atoms with van der Waals surface area (Å²) >= 11 is 0. The molecule has 0 bridgehead atoms. The van der Waals surface area contributed by atoms with Gasteiger partial charge in [-0.05, 0) is 62.4 Å². The van der Waals surface area contributed by atoms with Gasteiger partial charge in [-0.1, -0.05) is 25.7 Å². The molecule has 1 aliphatic carbocycles. The van der Waals surface area contributed by atoms with Crippen LogP contribution < -0.4 is 15.8 Å². The van der Waals surface area contributed by atoms with Gasteiger partial charge in [0.2, 0.25) is 0 Å². The molecular weight excluding hydrogens is 403 g/mol. The molecule has 0 spiro atoms. The summed E-state index contributed by atoms with van der Waals surface area (Å²) in [5.74, 6) is -0.0332. The monoisotopic (exact) mass is 434 g/mol. The second-order valence-electron chi connectivity index (χ2n) is 9.16. The third-order valence-corrected chi connectivity index (χ3v) is 6.93. The Balaban J connectivity index is 1.44. The summed E-state index contributed by atoms with van der Waals surface area (Å²) in [5, 5.41) is 4.03. The van der Waals surface area contributed by atoms with Crippen LogP contribution in [-0.2, 0) is 0 Å². The zero-order chi connectivity index (χ0) is 21.9. The third-order valence-electron chi connectivity index (χ3n) is 6.93. The molecule has 1 aromatic carbocycles. The van der Waals surface area contributed by atoms with E-state index in [0.29, 0.717) is 11.2 Å². The van der Waals surface area contributed by atoms with E-state index in [1.54, 1.807) is 10.8 Å². The van der Waals surface area contributed by atoms with Gasteiger partial charge in [-0.25, -0.2) is 9.37 Å². The van der Waals surface area contributed by atoms with E-state index in [9.17, 15) is 9.18 Å². The number of hydrogen-bond donors (Lipinski definition) is 1. The number of anilines is 3. The highest BCUT2D eigenvalue weighted by molar-refractivity contribution is 5.81. The van der Waals surface area contributed by atoms with Gasteiger partial charge in [0.15, 0.2) is 5.82 Å². The molecule has 1 saturated carbocycles. The highest BCUT2D eigenvalue weighted by atomic mass is 19.1. The van der Waals surface area contributed by atoms with Crippen LogP contribution in [0.2, 0.25) is 0 Å². The van der Waals surface area contributed by atoms with Crippen molar-refractivity contribution in [3.8, 4) is 0 Å². The smallest absolute Gasteiger partial charge is 0.287 e. The van der Waals surface area contributed by atoms with E-state index < -0.39 is 11.4 Å². The Labute approximate surface area is 188 Å². The molecule has 2 fully saturated rings. The quantitative estimate of drug-likeness (QED) is 0.499. The van der Waals surface area contributed by atoms with Crippen molar-refractivity contribution in [1.82, 2.24) is 9.55 Å². The zero-order valence-corrected chi connectivity index (χ0v) is 18.5. The van der Waals surface area contributed by atoms with Crippen molar-refractivity contribution in [2.45, 2.75) is 63.8 Å². The topological polar surface area (TPSA) is 50.2 Å². The van der Waals surface area contributed by atoms with Crippen LogP contribution in [0.3, 0.4) is 0 Å². The molecule has 0 atom stereocenters. The second-order valence-corrected chi connectivity index (χ2v) is 9.16. The van der Waals surface area contributed by atoms with Crippen LogP contribution >= 0.6 is 0 Å². The highest BCUT2D eigenvalue weighted by Gasteiger charge is 2.20. The van der Waals surface area contributed by atoms with Crippen molar-refractivity contribution in [1.29, 1.82) is 0 Å². The van der Waals surface area contributed by atoms with Gasteiger partial charge in [0.25, 0.3) is 5.56 Å². The number of aromatic nitrogens is 2. The number of fused-ring (bicyclic) bond motifs is 1. The SMILES string of the molecule is O=c1c(F)cc2cnc(Nc3ccc(N4CCCCC4)cc3)cc2n1C1CCCCCC1. The Hall–Kier alpha value is -2.89. The molecule has 1 aliphatic heterocycles. The predicted molar refractivity (Wildman–Crippen MR) is 128 cm³/mol. The van der Waals surface area contributed by atoms with Crippen molar-refractivity contribution >= 4 is 28.1 Å². The van der Waals surface area contributed by atoms with Crippen LogP contribution in [0.15, 0.2) is 47.4 Å². The summed E-state index contributed by atoms with van der Waals surface area (Å²) in [6, 6.07) is 11.7. The van der Waals surface area contributed by atoms with E-state index in [0.717, 1.165) is 50.0 Å². The molecule has 6 heteroatoms. The molecule has 0 amide bonds. The predicted octanol–water partition coefficient (Wildman–Crippen LogP) is 6.16. The summed E-state index contributed by atoms with van der Waals surface area (Å²) in [7, 11) is 0. The first-order valence-corrected chi connectivity index (χ1v) is 12.0. The van der Waals surface area contributed by atoms with Crippen molar-refractivity contribution in [2.24, 2.45) is 0 Å². The van der Waals surface area contributed by atoms with Gasteiger partial charge < -0.3 is 14.8 Å². The molecule has 168 valence electrons. The summed E-state index contributed by atoms with van der Waals surface area (Å²) in [4.78, 5) is 19.7. The zero-order valence-electron chi connectivity index (χ0n) is 18.5. The van der Waals surface area contributed by atoms with E-state index in [4.69, 9.17) is 0 Å². The molecule has 1 N–H and O–H groups in total. The fourth-order valence-corrected chi connectivity index (χ4v) is 5.20. The normalized spacial score (nSPS) is 18.0. The average molecular weight is 435 g/mol. The van der Waals surface area contributed by atoms with Crippen LogP contribution in [0.4, 0.5) is 21.6 Å². The largest absolute Gasteiger partial charge is 0.372 e.